The fourth-order valence-electron chi connectivity index (χ4n) is 3.03. The van der Waals surface area contributed by atoms with E-state index in [0.717, 1.165) is 32.0 Å². The first-order valence-electron chi connectivity index (χ1n) is 7.94. The van der Waals surface area contributed by atoms with E-state index in [1.54, 1.807) is 12.1 Å². The van der Waals surface area contributed by atoms with E-state index in [0.29, 0.717) is 11.1 Å². The van der Waals surface area contributed by atoms with E-state index < -0.39 is 21.5 Å². The molecule has 3 rings (SSSR count). The molecule has 7 heteroatoms. The first-order chi connectivity index (χ1) is 11.4. The molecule has 0 bridgehead atoms. The number of rotatable bonds is 4. The third-order valence-corrected chi connectivity index (χ3v) is 6.22. The molecule has 0 unspecified atom stereocenters. The second-order valence-electron chi connectivity index (χ2n) is 6.16. The number of piperidine rings is 1. The van der Waals surface area contributed by atoms with Gasteiger partial charge in [-0.1, -0.05) is 12.1 Å². The molecule has 2 aromatic rings. The Morgan fingerprint density at radius 3 is 2.04 bits per heavy atom. The number of halogens is 3. The summed E-state index contributed by atoms with van der Waals surface area (Å²) in [7, 11) is -3.35. The van der Waals surface area contributed by atoms with Crippen LogP contribution in [0.5, 0.6) is 0 Å². The highest BCUT2D eigenvalue weighted by molar-refractivity contribution is 7.91. The van der Waals surface area contributed by atoms with Crippen LogP contribution in [0.3, 0.4) is 0 Å². The molecule has 0 aromatic heterocycles. The zero-order valence-corrected chi connectivity index (χ0v) is 15.2. The predicted octanol–water partition coefficient (Wildman–Crippen LogP) is 3.83. The molecule has 25 heavy (non-hydrogen) atoms. The van der Waals surface area contributed by atoms with E-state index in [2.05, 4.69) is 5.32 Å². The lowest BCUT2D eigenvalue weighted by Crippen LogP contribution is -2.31. The van der Waals surface area contributed by atoms with Crippen LogP contribution in [0.1, 0.15) is 12.8 Å². The van der Waals surface area contributed by atoms with Gasteiger partial charge in [-0.2, -0.15) is 0 Å². The van der Waals surface area contributed by atoms with Crippen molar-refractivity contribution in [3.63, 3.8) is 0 Å². The van der Waals surface area contributed by atoms with Gasteiger partial charge >= 0.3 is 0 Å². The molecule has 0 atom stereocenters. The molecule has 0 radical (unpaired) electrons. The summed E-state index contributed by atoms with van der Waals surface area (Å²) in [6.45, 7) is 1.70. The van der Waals surface area contributed by atoms with Gasteiger partial charge in [0.05, 0.1) is 10.6 Å². The first-order valence-corrected chi connectivity index (χ1v) is 9.59. The highest BCUT2D eigenvalue weighted by Gasteiger charge is 2.22. The van der Waals surface area contributed by atoms with Crippen molar-refractivity contribution in [2.45, 2.75) is 17.7 Å². The van der Waals surface area contributed by atoms with E-state index in [4.69, 9.17) is 0 Å². The van der Waals surface area contributed by atoms with Gasteiger partial charge in [0.1, 0.15) is 11.6 Å². The quantitative estimate of drug-likeness (QED) is 0.867. The minimum absolute atomic E-state index is 0. The molecule has 1 heterocycles. The molecule has 1 saturated heterocycles. The molecule has 1 aliphatic rings. The Hall–Kier alpha value is -1.50. The summed E-state index contributed by atoms with van der Waals surface area (Å²) in [5.74, 6) is -1.00. The van der Waals surface area contributed by atoms with Gasteiger partial charge in [-0.15, -0.1) is 12.4 Å². The molecule has 1 N–H and O–H groups in total. The first kappa shape index (κ1) is 19.8. The lowest BCUT2D eigenvalue weighted by atomic mass is 10.0. The fourth-order valence-corrected chi connectivity index (χ4v) is 4.73. The second-order valence-corrected chi connectivity index (χ2v) is 8.19. The van der Waals surface area contributed by atoms with Crippen molar-refractivity contribution in [2.24, 2.45) is 5.92 Å². The van der Waals surface area contributed by atoms with Crippen LogP contribution in [0.25, 0.3) is 11.1 Å². The molecule has 1 fully saturated rings. The van der Waals surface area contributed by atoms with E-state index in [1.807, 2.05) is 0 Å². The molecule has 1 aliphatic heterocycles. The Morgan fingerprint density at radius 2 is 1.48 bits per heavy atom. The Balaban J connectivity index is 0.00000225. The van der Waals surface area contributed by atoms with Crippen molar-refractivity contribution < 1.29 is 17.2 Å². The van der Waals surface area contributed by atoms with Crippen LogP contribution in [-0.4, -0.2) is 27.3 Å². The molecule has 0 amide bonds. The summed E-state index contributed by atoms with van der Waals surface area (Å²) in [6, 6.07) is 9.45. The van der Waals surface area contributed by atoms with E-state index in [1.165, 1.54) is 24.3 Å². The predicted molar refractivity (Wildman–Crippen MR) is 96.7 cm³/mol. The molecule has 0 saturated carbocycles. The summed E-state index contributed by atoms with van der Waals surface area (Å²) < 4.78 is 51.6. The molecular weight excluding hydrogens is 368 g/mol. The minimum Gasteiger partial charge on any atom is -0.317 e. The Kier molecular flexibility index (Phi) is 6.54. The summed E-state index contributed by atoms with van der Waals surface area (Å²) in [5.41, 5.74) is 0.962. The molecule has 2 aromatic carbocycles. The van der Waals surface area contributed by atoms with Crippen LogP contribution < -0.4 is 5.32 Å². The third kappa shape index (κ3) is 5.00. The Bertz CT molecular complexity index is 799. The van der Waals surface area contributed by atoms with Crippen LogP contribution in [0.4, 0.5) is 8.78 Å². The smallest absolute Gasteiger partial charge is 0.178 e. The number of nitrogens with one attached hydrogen (secondary N) is 1. The van der Waals surface area contributed by atoms with Crippen molar-refractivity contribution in [3.05, 3.63) is 54.1 Å². The summed E-state index contributed by atoms with van der Waals surface area (Å²) in [6.07, 6.45) is 1.72. The summed E-state index contributed by atoms with van der Waals surface area (Å²) >= 11 is 0. The molecule has 136 valence electrons. The van der Waals surface area contributed by atoms with Crippen molar-refractivity contribution in [2.75, 3.05) is 18.8 Å². The van der Waals surface area contributed by atoms with Gasteiger partial charge in [0.25, 0.3) is 0 Å². The summed E-state index contributed by atoms with van der Waals surface area (Å²) in [5, 5.41) is 3.22. The Labute approximate surface area is 152 Å². The largest absolute Gasteiger partial charge is 0.317 e. The average molecular weight is 388 g/mol. The van der Waals surface area contributed by atoms with Gasteiger partial charge in [0.2, 0.25) is 0 Å². The van der Waals surface area contributed by atoms with Gasteiger partial charge in [-0.05, 0) is 67.2 Å². The zero-order chi connectivity index (χ0) is 17.2. The van der Waals surface area contributed by atoms with Gasteiger partial charge in [-0.25, -0.2) is 17.2 Å². The lowest BCUT2D eigenvalue weighted by Gasteiger charge is -2.22. The molecular formula is C18H20ClF2NO2S. The highest BCUT2D eigenvalue weighted by atomic mass is 35.5. The molecule has 3 nitrogen and oxygen atoms in total. The molecule has 0 aliphatic carbocycles. The van der Waals surface area contributed by atoms with E-state index in [-0.39, 0.29) is 29.0 Å². The number of sulfone groups is 1. The van der Waals surface area contributed by atoms with Crippen LogP contribution in [0.15, 0.2) is 47.4 Å². The maximum Gasteiger partial charge on any atom is 0.178 e. The van der Waals surface area contributed by atoms with Crippen molar-refractivity contribution >= 4 is 22.2 Å². The van der Waals surface area contributed by atoms with Gasteiger partial charge in [-0.3, -0.25) is 0 Å². The average Bonchev–Trinajstić information content (AvgIpc) is 2.54. The number of benzene rings is 2. The van der Waals surface area contributed by atoms with Crippen molar-refractivity contribution in [1.82, 2.24) is 5.32 Å². The maximum absolute atomic E-state index is 13.3. The monoisotopic (exact) mass is 387 g/mol. The second kappa shape index (κ2) is 8.25. The van der Waals surface area contributed by atoms with E-state index >= 15 is 0 Å². The lowest BCUT2D eigenvalue weighted by molar-refractivity contribution is 0.401. The highest BCUT2D eigenvalue weighted by Crippen LogP contribution is 2.25. The fraction of sp³-hybridized carbons (Fsp3) is 0.333. The topological polar surface area (TPSA) is 46.2 Å². The van der Waals surface area contributed by atoms with Crippen LogP contribution in [0.2, 0.25) is 0 Å². The van der Waals surface area contributed by atoms with Gasteiger partial charge in [0, 0.05) is 6.07 Å². The Morgan fingerprint density at radius 1 is 0.920 bits per heavy atom. The van der Waals surface area contributed by atoms with E-state index in [9.17, 15) is 17.2 Å². The van der Waals surface area contributed by atoms with Gasteiger partial charge < -0.3 is 5.32 Å². The maximum atomic E-state index is 13.3. The standard InChI is InChI=1S/C18H19F2NO2S.ClH/c19-16-9-15(10-17(20)11-16)14-1-3-18(4-2-14)24(22,23)12-13-5-7-21-8-6-13;/h1-4,9-11,13,21H,5-8,12H2;1H. The van der Waals surface area contributed by atoms with Crippen molar-refractivity contribution in [1.29, 1.82) is 0 Å². The number of hydrogen-bond donors (Lipinski definition) is 1. The number of hydrogen-bond acceptors (Lipinski definition) is 3. The normalized spacial score (nSPS) is 15.6. The van der Waals surface area contributed by atoms with Crippen molar-refractivity contribution in [3.8, 4) is 11.1 Å². The zero-order valence-electron chi connectivity index (χ0n) is 13.5. The SMILES string of the molecule is Cl.O=S(=O)(CC1CCNCC1)c1ccc(-c2cc(F)cc(F)c2)cc1. The molecule has 0 spiro atoms. The minimum atomic E-state index is -3.35. The van der Waals surface area contributed by atoms with Gasteiger partial charge in [0.15, 0.2) is 9.84 Å². The van der Waals surface area contributed by atoms with Crippen LogP contribution >= 0.6 is 12.4 Å². The van der Waals surface area contributed by atoms with Crippen LogP contribution in [-0.2, 0) is 9.84 Å². The van der Waals surface area contributed by atoms with Crippen LogP contribution in [0, 0.1) is 17.6 Å². The summed E-state index contributed by atoms with van der Waals surface area (Å²) in [4.78, 5) is 0.252. The third-order valence-electron chi connectivity index (χ3n) is 4.32.